The van der Waals surface area contributed by atoms with Gasteiger partial charge in [0, 0.05) is 66.3 Å². The van der Waals surface area contributed by atoms with E-state index in [9.17, 15) is 0 Å². The minimum Gasteiger partial charge on any atom is -0.469 e. The fraction of sp³-hybridized carbons (Fsp3) is 0.436. The van der Waals surface area contributed by atoms with Gasteiger partial charge in [0.2, 0.25) is 0 Å². The molecule has 2 heterocycles. The molecule has 7 unspecified atom stereocenters. The lowest BCUT2D eigenvalue weighted by atomic mass is 9.41. The van der Waals surface area contributed by atoms with Crippen LogP contribution in [0.1, 0.15) is 56.3 Å². The third-order valence-corrected chi connectivity index (χ3v) is 9.46. The molecule has 216 valence electrons. The molecule has 1 aliphatic heterocycles. The van der Waals surface area contributed by atoms with E-state index in [0.29, 0.717) is 23.7 Å². The number of methoxy groups -OCH3 is 1. The van der Waals surface area contributed by atoms with Crippen LogP contribution in [-0.4, -0.2) is 27.1 Å². The molecule has 0 N–H and O–H groups in total. The molecule has 0 amide bonds. The van der Waals surface area contributed by atoms with Crippen molar-refractivity contribution in [1.29, 1.82) is 0 Å². The van der Waals surface area contributed by atoms with Gasteiger partial charge in [0.25, 0.3) is 0 Å². The summed E-state index contributed by atoms with van der Waals surface area (Å²) in [6.07, 6.45) is 10.2. The molecule has 2 bridgehead atoms. The first kappa shape index (κ1) is 30.5. The number of hydrogen-bond donors (Lipinski definition) is 0. The Morgan fingerprint density at radius 2 is 1.43 bits per heavy atom. The predicted molar refractivity (Wildman–Crippen MR) is 164 cm³/mol. The zero-order valence-electron chi connectivity index (χ0n) is 25.0. The summed E-state index contributed by atoms with van der Waals surface area (Å²) in [7, 11) is 3.07. The van der Waals surface area contributed by atoms with Crippen molar-refractivity contribution >= 4 is 0 Å². The van der Waals surface area contributed by atoms with E-state index in [2.05, 4.69) is 130 Å². The van der Waals surface area contributed by atoms with Gasteiger partial charge in [-0.15, -0.1) is 0 Å². The minimum atomic E-state index is -0.383. The van der Waals surface area contributed by atoms with Gasteiger partial charge < -0.3 is 13.9 Å². The van der Waals surface area contributed by atoms with E-state index in [-0.39, 0.29) is 17.1 Å². The molecule has 3 fully saturated rings. The fourth-order valence-corrected chi connectivity index (χ4v) is 7.95. The van der Waals surface area contributed by atoms with Crippen LogP contribution in [0.25, 0.3) is 0 Å². The highest BCUT2D eigenvalue weighted by atomic mass is 17.2. The molecule has 0 radical (unpaired) electrons. The molecule has 3 aliphatic carbocycles. The third-order valence-electron chi connectivity index (χ3n) is 9.46. The second-order valence-electron chi connectivity index (χ2n) is 11.2. The van der Waals surface area contributed by atoms with Gasteiger partial charge in [-0.25, -0.2) is 0 Å². The summed E-state index contributed by atoms with van der Waals surface area (Å²) in [5, 5.41) is 0. The topological polar surface area (TPSA) is 50.1 Å². The highest BCUT2D eigenvalue weighted by Crippen LogP contribution is 2.68. The first-order chi connectivity index (χ1) is 21.7. The molecule has 5 nitrogen and oxygen atoms in total. The fourth-order valence-electron chi connectivity index (χ4n) is 7.95. The van der Waals surface area contributed by atoms with Gasteiger partial charge in [0.15, 0.2) is 12.4 Å². The Bertz CT molecular complexity index is 1840. The lowest BCUT2D eigenvalue weighted by molar-refractivity contribution is -0.303. The molecular formula is C39H30O5. The molecule has 7 atom stereocenters. The van der Waals surface area contributed by atoms with Crippen molar-refractivity contribution < 1.29 is 23.7 Å². The number of rotatable bonds is 2. The maximum absolute atomic E-state index is 6.50. The normalized spacial score (nSPS) is 29.3. The number of ether oxygens (including phenoxy) is 2. The largest absolute Gasteiger partial charge is 0.469 e. The van der Waals surface area contributed by atoms with Gasteiger partial charge in [-0.05, 0) is 108 Å². The Morgan fingerprint density at radius 1 is 0.795 bits per heavy atom. The van der Waals surface area contributed by atoms with Crippen LogP contribution >= 0.6 is 0 Å². The van der Waals surface area contributed by atoms with E-state index >= 15 is 0 Å². The van der Waals surface area contributed by atoms with Gasteiger partial charge >= 0.3 is 0 Å². The molecule has 5 rings (SSSR count). The molecule has 1 aromatic heterocycles. The summed E-state index contributed by atoms with van der Waals surface area (Å²) in [6, 6.07) is 2.17. The monoisotopic (exact) mass is 578 g/mol. The van der Waals surface area contributed by atoms with E-state index < -0.39 is 0 Å². The first-order valence-corrected chi connectivity index (χ1v) is 14.6. The first-order valence-electron chi connectivity index (χ1n) is 14.6. The van der Waals surface area contributed by atoms with Crippen LogP contribution in [0, 0.1) is 135 Å². The average molecular weight is 579 g/mol. The summed E-state index contributed by atoms with van der Waals surface area (Å²) in [4.78, 5) is 8.62. The Balaban J connectivity index is 1.25. The van der Waals surface area contributed by atoms with Gasteiger partial charge in [-0.2, -0.15) is 4.89 Å². The summed E-state index contributed by atoms with van der Waals surface area (Å²) >= 11 is 0. The summed E-state index contributed by atoms with van der Waals surface area (Å²) in [6.45, 7) is 3.09. The molecule has 0 aromatic carbocycles. The number of fused-ring (bicyclic) bond motifs is 2. The van der Waals surface area contributed by atoms with Crippen molar-refractivity contribution in [2.24, 2.45) is 28.6 Å². The van der Waals surface area contributed by atoms with Crippen LogP contribution in [0.4, 0.5) is 0 Å². The molecule has 44 heavy (non-hydrogen) atoms. The Labute approximate surface area is 260 Å². The maximum atomic E-state index is 6.50. The van der Waals surface area contributed by atoms with Crippen molar-refractivity contribution in [2.45, 2.75) is 57.7 Å². The third kappa shape index (κ3) is 6.19. The van der Waals surface area contributed by atoms with Crippen molar-refractivity contribution in [3.63, 3.8) is 0 Å². The van der Waals surface area contributed by atoms with Gasteiger partial charge in [0.1, 0.15) is 5.76 Å². The van der Waals surface area contributed by atoms with E-state index in [0.717, 1.165) is 44.5 Å². The van der Waals surface area contributed by atoms with Crippen molar-refractivity contribution in [1.82, 2.24) is 0 Å². The van der Waals surface area contributed by atoms with Crippen LogP contribution in [0.15, 0.2) is 16.7 Å². The SMILES string of the molecule is COOC#CC#CC#CC#CC#CC#CC#CC#CC#CC12CCCC3(COC1OC)C1Cc4occc4C(C)C1CCC23. The predicted octanol–water partition coefficient (Wildman–Crippen LogP) is 4.31. The molecular weight excluding hydrogens is 548 g/mol. The summed E-state index contributed by atoms with van der Waals surface area (Å²) in [5.41, 5.74) is 1.08. The zero-order valence-corrected chi connectivity index (χ0v) is 25.0. The summed E-state index contributed by atoms with van der Waals surface area (Å²) < 4.78 is 18.4. The maximum Gasteiger partial charge on any atom is 0.173 e. The second kappa shape index (κ2) is 14.5. The Kier molecular flexibility index (Phi) is 10.0. The van der Waals surface area contributed by atoms with Crippen LogP contribution in [-0.2, 0) is 25.7 Å². The van der Waals surface area contributed by atoms with E-state index in [1.54, 1.807) is 7.11 Å². The van der Waals surface area contributed by atoms with Crippen LogP contribution in [0.3, 0.4) is 0 Å². The molecule has 5 heteroatoms. The lowest BCUT2D eigenvalue weighted by Crippen LogP contribution is -2.65. The smallest absolute Gasteiger partial charge is 0.173 e. The van der Waals surface area contributed by atoms with Crippen molar-refractivity contribution in [3.8, 4) is 107 Å². The molecule has 0 spiro atoms. The van der Waals surface area contributed by atoms with Crippen LogP contribution in [0.5, 0.6) is 0 Å². The average Bonchev–Trinajstić information content (AvgIpc) is 3.51. The van der Waals surface area contributed by atoms with Crippen LogP contribution in [0.2, 0.25) is 0 Å². The Hall–Kier alpha value is -5.00. The number of furan rings is 1. The Morgan fingerprint density at radius 3 is 2.07 bits per heavy atom. The molecule has 1 saturated heterocycles. The van der Waals surface area contributed by atoms with Gasteiger partial charge in [-0.3, -0.25) is 4.89 Å². The molecule has 4 aliphatic rings. The van der Waals surface area contributed by atoms with E-state index in [1.165, 1.54) is 19.1 Å². The second-order valence-corrected chi connectivity index (χ2v) is 11.2. The standard InChI is InChI=1S/C39H30O5/c1-31-32-21-22-36-38(24-18-16-14-12-10-8-6-4-5-7-9-11-13-15-17-19-27-44-41-3)25-20-26-39(36,30-43-37(38)40-2)34(32)29-35-33(31)23-28-42-35/h23,28,31-32,34,36-37H,20-22,25-26,29-30H2,1-3H3. The van der Waals surface area contributed by atoms with Gasteiger partial charge in [-0.1, -0.05) is 19.3 Å². The highest BCUT2D eigenvalue weighted by Gasteiger charge is 2.66. The molecule has 2 saturated carbocycles. The summed E-state index contributed by atoms with van der Waals surface area (Å²) in [5.74, 6) is 48.8. The van der Waals surface area contributed by atoms with Crippen LogP contribution < -0.4 is 0 Å². The number of hydrogen-bond acceptors (Lipinski definition) is 5. The zero-order chi connectivity index (χ0) is 30.7. The van der Waals surface area contributed by atoms with Crippen molar-refractivity contribution in [2.75, 3.05) is 20.8 Å². The quantitative estimate of drug-likeness (QED) is 0.298. The molecule has 1 aromatic rings. The van der Waals surface area contributed by atoms with E-state index in [4.69, 9.17) is 13.9 Å². The van der Waals surface area contributed by atoms with Crippen molar-refractivity contribution in [3.05, 3.63) is 23.7 Å². The van der Waals surface area contributed by atoms with E-state index in [1.807, 2.05) is 6.26 Å². The highest BCUT2D eigenvalue weighted by molar-refractivity contribution is 5.47. The minimum absolute atomic E-state index is 0.0770. The lowest BCUT2D eigenvalue weighted by Gasteiger charge is -2.65. The van der Waals surface area contributed by atoms with Gasteiger partial charge in [0.05, 0.1) is 25.4 Å².